The molecule has 1 N–H and O–H groups in total. The molecule has 34 heavy (non-hydrogen) atoms. The molecule has 12 heteroatoms. The van der Waals surface area contributed by atoms with Crippen molar-refractivity contribution in [3.8, 4) is 11.3 Å². The molecule has 0 saturated carbocycles. The molecule has 4 rings (SSSR count). The number of nitro benzene ring substituents is 1. The monoisotopic (exact) mass is 502 g/mol. The Morgan fingerprint density at radius 3 is 2.53 bits per heavy atom. The van der Waals surface area contributed by atoms with Gasteiger partial charge in [-0.05, 0) is 61.4 Å². The lowest BCUT2D eigenvalue weighted by atomic mass is 10.1. The Bertz CT molecular complexity index is 1340. The van der Waals surface area contributed by atoms with Crippen molar-refractivity contribution < 1.29 is 22.6 Å². The second-order valence-corrected chi connectivity index (χ2v) is 9.79. The molecule has 1 saturated heterocycles. The predicted octanol–water partition coefficient (Wildman–Crippen LogP) is 3.81. The summed E-state index contributed by atoms with van der Waals surface area (Å²) in [7, 11) is -3.86. The van der Waals surface area contributed by atoms with Crippen molar-refractivity contribution in [1.29, 1.82) is 0 Å². The predicted molar refractivity (Wildman–Crippen MR) is 125 cm³/mol. The summed E-state index contributed by atoms with van der Waals surface area (Å²) < 4.78 is 32.7. The number of hydrazone groups is 1. The molecule has 1 atom stereocenters. The highest BCUT2D eigenvalue weighted by molar-refractivity contribution is 7.89. The number of amides is 1. The smallest absolute Gasteiger partial charge is 0.269 e. The molecule has 0 unspecified atom stereocenters. The molecule has 1 aliphatic heterocycles. The summed E-state index contributed by atoms with van der Waals surface area (Å²) in [6.07, 6.45) is 2.21. The average Bonchev–Trinajstić information content (AvgIpc) is 3.50. The van der Waals surface area contributed by atoms with Crippen LogP contribution in [0.5, 0.6) is 0 Å². The fraction of sp³-hybridized carbons (Fsp3) is 0.182. The molecule has 2 heterocycles. The van der Waals surface area contributed by atoms with Crippen LogP contribution in [0.4, 0.5) is 5.69 Å². The van der Waals surface area contributed by atoms with Gasteiger partial charge in [-0.15, -0.1) is 0 Å². The Morgan fingerprint density at radius 1 is 1.15 bits per heavy atom. The average molecular weight is 503 g/mol. The Balaban J connectivity index is 1.41. The number of halogens is 1. The van der Waals surface area contributed by atoms with Crippen LogP contribution in [-0.2, 0) is 14.8 Å². The second-order valence-electron chi connectivity index (χ2n) is 7.47. The molecular weight excluding hydrogens is 484 g/mol. The van der Waals surface area contributed by atoms with Gasteiger partial charge in [0.05, 0.1) is 16.0 Å². The van der Waals surface area contributed by atoms with E-state index in [9.17, 15) is 23.3 Å². The lowest BCUT2D eigenvalue weighted by Crippen LogP contribution is -2.44. The second kappa shape index (κ2) is 9.75. The van der Waals surface area contributed by atoms with E-state index >= 15 is 0 Å². The number of hydrogen-bond donors (Lipinski definition) is 1. The van der Waals surface area contributed by atoms with Gasteiger partial charge in [0.2, 0.25) is 10.0 Å². The normalized spacial score (nSPS) is 16.7. The largest absolute Gasteiger partial charge is 0.455 e. The Hall–Kier alpha value is -3.54. The van der Waals surface area contributed by atoms with E-state index in [0.29, 0.717) is 34.9 Å². The van der Waals surface area contributed by atoms with E-state index in [0.717, 1.165) is 0 Å². The molecule has 1 fully saturated rings. The SMILES string of the molecule is O=C(N/N=C\c1ccc(-c2ccc([N+](=O)[O-])cc2)o1)[C@@H]1CCCN1S(=O)(=O)c1ccc(Cl)cc1. The fourth-order valence-corrected chi connectivity index (χ4v) is 5.37. The minimum Gasteiger partial charge on any atom is -0.455 e. The lowest BCUT2D eigenvalue weighted by Gasteiger charge is -2.22. The van der Waals surface area contributed by atoms with Gasteiger partial charge in [-0.1, -0.05) is 11.6 Å². The van der Waals surface area contributed by atoms with Crippen molar-refractivity contribution >= 4 is 39.4 Å². The highest BCUT2D eigenvalue weighted by Crippen LogP contribution is 2.27. The summed E-state index contributed by atoms with van der Waals surface area (Å²) in [5.41, 5.74) is 2.99. The van der Waals surface area contributed by atoms with Crippen molar-refractivity contribution in [2.45, 2.75) is 23.8 Å². The van der Waals surface area contributed by atoms with E-state index in [2.05, 4.69) is 10.5 Å². The van der Waals surface area contributed by atoms with Crippen molar-refractivity contribution in [2.24, 2.45) is 5.10 Å². The number of benzene rings is 2. The van der Waals surface area contributed by atoms with Crippen LogP contribution in [-0.4, -0.2) is 42.4 Å². The van der Waals surface area contributed by atoms with Crippen LogP contribution in [0.15, 0.2) is 75.1 Å². The highest BCUT2D eigenvalue weighted by Gasteiger charge is 2.39. The fourth-order valence-electron chi connectivity index (χ4n) is 3.59. The van der Waals surface area contributed by atoms with Crippen LogP contribution in [0.25, 0.3) is 11.3 Å². The summed E-state index contributed by atoms with van der Waals surface area (Å²) in [6.45, 7) is 0.226. The first kappa shape index (κ1) is 23.6. The van der Waals surface area contributed by atoms with Gasteiger partial charge in [-0.3, -0.25) is 14.9 Å². The Labute approximate surface area is 200 Å². The van der Waals surface area contributed by atoms with Crippen molar-refractivity contribution in [1.82, 2.24) is 9.73 Å². The van der Waals surface area contributed by atoms with Crippen LogP contribution in [0.1, 0.15) is 18.6 Å². The van der Waals surface area contributed by atoms with Crippen LogP contribution in [0.2, 0.25) is 5.02 Å². The van der Waals surface area contributed by atoms with Gasteiger partial charge >= 0.3 is 0 Å². The van der Waals surface area contributed by atoms with Crippen molar-refractivity contribution in [2.75, 3.05) is 6.54 Å². The molecule has 0 radical (unpaired) electrons. The van der Waals surface area contributed by atoms with E-state index in [4.69, 9.17) is 16.0 Å². The minimum absolute atomic E-state index is 0.0289. The number of furan rings is 1. The molecule has 1 aliphatic rings. The Kier molecular flexibility index (Phi) is 6.77. The molecule has 2 aromatic carbocycles. The standard InChI is InChI=1S/C22H19ClN4O6S/c23-16-5-10-19(11-6-16)34(31,32)26-13-1-2-20(26)22(28)25-24-14-18-9-12-21(33-18)15-3-7-17(8-4-15)27(29)30/h3-12,14,20H,1-2,13H2,(H,25,28)/b24-14-/t20-/m0/s1. The topological polar surface area (TPSA) is 135 Å². The zero-order chi connectivity index (χ0) is 24.3. The van der Waals surface area contributed by atoms with E-state index in [-0.39, 0.29) is 17.1 Å². The van der Waals surface area contributed by atoms with E-state index in [1.54, 1.807) is 24.3 Å². The van der Waals surface area contributed by atoms with Crippen LogP contribution in [0, 0.1) is 10.1 Å². The van der Waals surface area contributed by atoms with Crippen molar-refractivity contribution in [3.63, 3.8) is 0 Å². The van der Waals surface area contributed by atoms with Gasteiger partial charge in [-0.2, -0.15) is 9.41 Å². The van der Waals surface area contributed by atoms with E-state index < -0.39 is 26.9 Å². The van der Waals surface area contributed by atoms with Crippen LogP contribution < -0.4 is 5.43 Å². The summed E-state index contributed by atoms with van der Waals surface area (Å²) in [5, 5.41) is 15.1. The molecule has 0 aliphatic carbocycles. The van der Waals surface area contributed by atoms with Gasteiger partial charge < -0.3 is 4.42 Å². The number of carbonyl (C=O) groups excluding carboxylic acids is 1. The maximum atomic E-state index is 13.0. The third-order valence-corrected chi connectivity index (χ3v) is 7.46. The molecule has 0 bridgehead atoms. The quantitative estimate of drug-likeness (QED) is 0.296. The summed E-state index contributed by atoms with van der Waals surface area (Å²) >= 11 is 5.84. The van der Waals surface area contributed by atoms with Crippen LogP contribution >= 0.6 is 11.6 Å². The summed E-state index contributed by atoms with van der Waals surface area (Å²) in [5.74, 6) is 0.262. The maximum absolute atomic E-state index is 13.0. The number of non-ortho nitro benzene ring substituents is 1. The molecule has 1 amide bonds. The first-order valence-corrected chi connectivity index (χ1v) is 12.0. The molecule has 10 nitrogen and oxygen atoms in total. The number of rotatable bonds is 7. The number of sulfonamides is 1. The van der Waals surface area contributed by atoms with Gasteiger partial charge in [0, 0.05) is 29.3 Å². The number of nitrogens with zero attached hydrogens (tertiary/aromatic N) is 3. The Morgan fingerprint density at radius 2 is 1.85 bits per heavy atom. The van der Waals surface area contributed by atoms with Crippen LogP contribution in [0.3, 0.4) is 0 Å². The molecular formula is C22H19ClN4O6S. The summed E-state index contributed by atoms with van der Waals surface area (Å²) in [6, 6.07) is 14.1. The third kappa shape index (κ3) is 5.01. The number of carbonyl (C=O) groups is 1. The van der Waals surface area contributed by atoms with Gasteiger partial charge in [0.25, 0.3) is 11.6 Å². The van der Waals surface area contributed by atoms with Crippen molar-refractivity contribution in [3.05, 3.63) is 81.6 Å². The van der Waals surface area contributed by atoms with Gasteiger partial charge in [0.15, 0.2) is 0 Å². The molecule has 0 spiro atoms. The molecule has 1 aromatic heterocycles. The zero-order valence-corrected chi connectivity index (χ0v) is 19.2. The zero-order valence-electron chi connectivity index (χ0n) is 17.6. The number of hydrogen-bond acceptors (Lipinski definition) is 7. The van der Waals surface area contributed by atoms with E-state index in [1.807, 2.05) is 0 Å². The van der Waals surface area contributed by atoms with E-state index in [1.165, 1.54) is 46.9 Å². The first-order chi connectivity index (χ1) is 16.3. The minimum atomic E-state index is -3.86. The highest BCUT2D eigenvalue weighted by atomic mass is 35.5. The summed E-state index contributed by atoms with van der Waals surface area (Å²) in [4.78, 5) is 23.0. The number of nitrogens with one attached hydrogen (secondary N) is 1. The van der Waals surface area contributed by atoms with Gasteiger partial charge in [-0.25, -0.2) is 13.8 Å². The van der Waals surface area contributed by atoms with Gasteiger partial charge in [0.1, 0.15) is 17.6 Å². The lowest BCUT2D eigenvalue weighted by molar-refractivity contribution is -0.384. The first-order valence-electron chi connectivity index (χ1n) is 10.2. The molecule has 3 aromatic rings. The molecule has 176 valence electrons. The maximum Gasteiger partial charge on any atom is 0.269 e. The number of nitro groups is 1. The third-order valence-electron chi connectivity index (χ3n) is 5.28.